The molecule has 2 aliphatic rings. The number of likely N-dealkylation sites (tertiary alicyclic amines) is 1. The molecule has 4 heteroatoms. The second-order valence-electron chi connectivity index (χ2n) is 5.54. The molecule has 1 aromatic rings. The summed E-state index contributed by atoms with van der Waals surface area (Å²) < 4.78 is 0. The molecule has 0 radical (unpaired) electrons. The third-order valence-corrected chi connectivity index (χ3v) is 4.38. The molecule has 4 nitrogen and oxygen atoms in total. The monoisotopic (exact) mass is 259 g/mol. The normalized spacial score (nSPS) is 23.7. The quantitative estimate of drug-likeness (QED) is 0.872. The molecule has 19 heavy (non-hydrogen) atoms. The van der Waals surface area contributed by atoms with Gasteiger partial charge in [0.1, 0.15) is 0 Å². The number of nitrogens with zero attached hydrogens (tertiary/aromatic N) is 2. The number of likely N-dealkylation sites (N-methyl/N-ethyl adjacent to an activating group) is 1. The zero-order chi connectivity index (χ0) is 13.2. The molecule has 2 aliphatic heterocycles. The Morgan fingerprint density at radius 2 is 2.00 bits per heavy atom. The number of carbonyl (C=O) groups is 1. The first-order valence-electron chi connectivity index (χ1n) is 7.02. The lowest BCUT2D eigenvalue weighted by Crippen LogP contribution is -2.58. The van der Waals surface area contributed by atoms with Gasteiger partial charge in [0.15, 0.2) is 0 Å². The van der Waals surface area contributed by atoms with Crippen molar-refractivity contribution in [3.8, 4) is 0 Å². The van der Waals surface area contributed by atoms with E-state index in [0.717, 1.165) is 38.2 Å². The molecule has 0 bridgehead atoms. The van der Waals surface area contributed by atoms with E-state index in [4.69, 9.17) is 0 Å². The fraction of sp³-hybridized carbons (Fsp3) is 0.533. The van der Waals surface area contributed by atoms with Gasteiger partial charge in [-0.25, -0.2) is 0 Å². The van der Waals surface area contributed by atoms with Crippen LogP contribution < -0.4 is 5.32 Å². The first-order valence-corrected chi connectivity index (χ1v) is 7.02. The van der Waals surface area contributed by atoms with Crippen molar-refractivity contribution in [1.29, 1.82) is 0 Å². The van der Waals surface area contributed by atoms with Crippen molar-refractivity contribution in [2.45, 2.75) is 18.5 Å². The Labute approximate surface area is 114 Å². The van der Waals surface area contributed by atoms with E-state index in [1.165, 1.54) is 0 Å². The minimum Gasteiger partial charge on any atom is -0.337 e. The zero-order valence-corrected chi connectivity index (χ0v) is 11.4. The molecule has 3 rings (SSSR count). The average Bonchev–Trinajstić information content (AvgIpc) is 2.86. The van der Waals surface area contributed by atoms with Crippen LogP contribution in [-0.4, -0.2) is 61.0 Å². The Morgan fingerprint density at radius 3 is 2.63 bits per heavy atom. The van der Waals surface area contributed by atoms with Crippen LogP contribution in [0.3, 0.4) is 0 Å². The van der Waals surface area contributed by atoms with Gasteiger partial charge in [0, 0.05) is 43.8 Å². The zero-order valence-electron chi connectivity index (χ0n) is 11.4. The van der Waals surface area contributed by atoms with E-state index < -0.39 is 0 Å². The van der Waals surface area contributed by atoms with Gasteiger partial charge in [-0.15, -0.1) is 0 Å². The van der Waals surface area contributed by atoms with Crippen LogP contribution in [0.1, 0.15) is 16.8 Å². The summed E-state index contributed by atoms with van der Waals surface area (Å²) in [5, 5.41) is 3.30. The number of rotatable bonds is 3. The summed E-state index contributed by atoms with van der Waals surface area (Å²) in [5.41, 5.74) is 0.802. The van der Waals surface area contributed by atoms with Gasteiger partial charge in [0.25, 0.3) is 5.91 Å². The van der Waals surface area contributed by atoms with Crippen LogP contribution in [-0.2, 0) is 0 Å². The van der Waals surface area contributed by atoms with Crippen molar-refractivity contribution in [1.82, 2.24) is 15.1 Å². The lowest BCUT2D eigenvalue weighted by molar-refractivity contribution is 0.0762. The molecular formula is C15H21N3O. The summed E-state index contributed by atoms with van der Waals surface area (Å²) >= 11 is 0. The smallest absolute Gasteiger partial charge is 0.253 e. The molecule has 1 unspecified atom stereocenters. The van der Waals surface area contributed by atoms with E-state index in [0.29, 0.717) is 12.1 Å². The van der Waals surface area contributed by atoms with Crippen LogP contribution in [0.4, 0.5) is 0 Å². The highest BCUT2D eigenvalue weighted by atomic mass is 16.2. The van der Waals surface area contributed by atoms with Crippen LogP contribution >= 0.6 is 0 Å². The van der Waals surface area contributed by atoms with Gasteiger partial charge in [-0.2, -0.15) is 0 Å². The number of nitrogens with one attached hydrogen (secondary N) is 1. The summed E-state index contributed by atoms with van der Waals surface area (Å²) in [6.07, 6.45) is 1.09. The van der Waals surface area contributed by atoms with Crippen molar-refractivity contribution in [3.63, 3.8) is 0 Å². The second kappa shape index (κ2) is 5.31. The highest BCUT2D eigenvalue weighted by molar-refractivity contribution is 5.94. The van der Waals surface area contributed by atoms with Gasteiger partial charge in [0.05, 0.1) is 0 Å². The average molecular weight is 259 g/mol. The molecule has 0 aliphatic carbocycles. The topological polar surface area (TPSA) is 35.6 Å². The van der Waals surface area contributed by atoms with Gasteiger partial charge >= 0.3 is 0 Å². The largest absolute Gasteiger partial charge is 0.337 e. The van der Waals surface area contributed by atoms with Crippen LogP contribution in [0, 0.1) is 0 Å². The predicted octanol–water partition coefficient (Wildman–Crippen LogP) is 0.805. The van der Waals surface area contributed by atoms with E-state index in [9.17, 15) is 4.79 Å². The lowest BCUT2D eigenvalue weighted by Gasteiger charge is -2.39. The summed E-state index contributed by atoms with van der Waals surface area (Å²) in [6, 6.07) is 10.8. The maximum atomic E-state index is 12.4. The van der Waals surface area contributed by atoms with Crippen molar-refractivity contribution >= 4 is 5.91 Å². The highest BCUT2D eigenvalue weighted by Gasteiger charge is 2.33. The number of carbonyl (C=O) groups excluding carboxylic acids is 1. The number of hydrogen-bond acceptors (Lipinski definition) is 3. The number of hydrogen-bond donors (Lipinski definition) is 1. The summed E-state index contributed by atoms with van der Waals surface area (Å²) in [5.74, 6) is 0.170. The molecule has 102 valence electrons. The minimum absolute atomic E-state index is 0.170. The van der Waals surface area contributed by atoms with Crippen LogP contribution in [0.15, 0.2) is 30.3 Å². The molecule has 2 fully saturated rings. The Hall–Kier alpha value is -1.39. The van der Waals surface area contributed by atoms with E-state index in [1.54, 1.807) is 0 Å². The van der Waals surface area contributed by atoms with Gasteiger partial charge in [-0.1, -0.05) is 18.2 Å². The molecule has 0 saturated carbocycles. The molecule has 1 amide bonds. The molecular weight excluding hydrogens is 238 g/mol. The van der Waals surface area contributed by atoms with E-state index >= 15 is 0 Å². The van der Waals surface area contributed by atoms with Crippen LogP contribution in [0.5, 0.6) is 0 Å². The van der Waals surface area contributed by atoms with Gasteiger partial charge < -0.3 is 10.2 Å². The Bertz CT molecular complexity index is 444. The highest BCUT2D eigenvalue weighted by Crippen LogP contribution is 2.19. The Kier molecular flexibility index (Phi) is 3.53. The van der Waals surface area contributed by atoms with Crippen molar-refractivity contribution in [3.05, 3.63) is 35.9 Å². The third kappa shape index (κ3) is 2.51. The van der Waals surface area contributed by atoms with E-state index in [1.807, 2.05) is 35.2 Å². The summed E-state index contributed by atoms with van der Waals surface area (Å²) in [4.78, 5) is 16.8. The minimum atomic E-state index is 0.170. The molecule has 0 aromatic heterocycles. The molecule has 1 aromatic carbocycles. The fourth-order valence-corrected chi connectivity index (χ4v) is 2.88. The number of benzene rings is 1. The Balaban J connectivity index is 1.61. The van der Waals surface area contributed by atoms with Crippen molar-refractivity contribution < 1.29 is 4.79 Å². The SMILES string of the molecule is CN(C1CNC1)C1CCN(C(=O)c2ccccc2)C1. The van der Waals surface area contributed by atoms with Gasteiger partial charge in [-0.3, -0.25) is 9.69 Å². The molecule has 0 spiro atoms. The van der Waals surface area contributed by atoms with E-state index in [-0.39, 0.29) is 5.91 Å². The molecule has 2 saturated heterocycles. The van der Waals surface area contributed by atoms with Gasteiger partial charge in [-0.05, 0) is 25.6 Å². The molecule has 1 atom stereocenters. The van der Waals surface area contributed by atoms with Crippen molar-refractivity contribution in [2.24, 2.45) is 0 Å². The first kappa shape index (κ1) is 12.6. The fourth-order valence-electron chi connectivity index (χ4n) is 2.88. The maximum absolute atomic E-state index is 12.4. The predicted molar refractivity (Wildman–Crippen MR) is 75.2 cm³/mol. The summed E-state index contributed by atoms with van der Waals surface area (Å²) in [6.45, 7) is 3.91. The third-order valence-electron chi connectivity index (χ3n) is 4.38. The van der Waals surface area contributed by atoms with Crippen molar-refractivity contribution in [2.75, 3.05) is 33.2 Å². The standard InChI is InChI=1S/C15H21N3O/c1-17(14-9-16-10-14)13-7-8-18(11-13)15(19)12-5-3-2-4-6-12/h2-6,13-14,16H,7-11H2,1H3. The molecule has 2 heterocycles. The summed E-state index contributed by atoms with van der Waals surface area (Å²) in [7, 11) is 2.19. The molecule has 1 N–H and O–H groups in total. The second-order valence-corrected chi connectivity index (χ2v) is 5.54. The van der Waals surface area contributed by atoms with E-state index in [2.05, 4.69) is 17.3 Å². The van der Waals surface area contributed by atoms with Gasteiger partial charge in [0.2, 0.25) is 0 Å². The lowest BCUT2D eigenvalue weighted by atomic mass is 10.1. The maximum Gasteiger partial charge on any atom is 0.253 e. The van der Waals surface area contributed by atoms with Crippen LogP contribution in [0.25, 0.3) is 0 Å². The first-order chi connectivity index (χ1) is 9.25. The number of amides is 1. The Morgan fingerprint density at radius 1 is 1.26 bits per heavy atom. The van der Waals surface area contributed by atoms with Crippen LogP contribution in [0.2, 0.25) is 0 Å².